The lowest BCUT2D eigenvalue weighted by Gasteiger charge is -2.05. The van der Waals surface area contributed by atoms with Gasteiger partial charge in [0.2, 0.25) is 5.88 Å². The highest BCUT2D eigenvalue weighted by molar-refractivity contribution is 6.30. The van der Waals surface area contributed by atoms with Crippen molar-refractivity contribution in [2.75, 3.05) is 5.73 Å². The first-order valence-electron chi connectivity index (χ1n) is 6.64. The van der Waals surface area contributed by atoms with E-state index in [1.54, 1.807) is 0 Å². The molecule has 3 nitrogen and oxygen atoms in total. The van der Waals surface area contributed by atoms with Gasteiger partial charge in [-0.3, -0.25) is 0 Å². The molecule has 0 amide bonds. The normalized spacial score (nSPS) is 10.8. The number of halogens is 1. The Balaban J connectivity index is 2.19. The van der Waals surface area contributed by atoms with Crippen molar-refractivity contribution in [3.63, 3.8) is 0 Å². The van der Waals surface area contributed by atoms with Crippen molar-refractivity contribution in [3.8, 4) is 22.4 Å². The zero-order chi connectivity index (χ0) is 15.0. The van der Waals surface area contributed by atoms with Crippen LogP contribution in [0.2, 0.25) is 5.02 Å². The number of rotatable bonds is 2. The summed E-state index contributed by atoms with van der Waals surface area (Å²) < 4.78 is 5.21. The van der Waals surface area contributed by atoms with E-state index in [1.807, 2.05) is 24.3 Å². The minimum atomic E-state index is 0.312. The summed E-state index contributed by atoms with van der Waals surface area (Å²) in [6, 6.07) is 13.8. The monoisotopic (exact) mass is 298 g/mol. The first-order chi connectivity index (χ1) is 10.0. The van der Waals surface area contributed by atoms with Crippen LogP contribution in [0, 0.1) is 13.8 Å². The Morgan fingerprint density at radius 3 is 2.19 bits per heavy atom. The Morgan fingerprint density at radius 1 is 0.952 bits per heavy atom. The summed E-state index contributed by atoms with van der Waals surface area (Å²) in [7, 11) is 0. The molecule has 2 aromatic carbocycles. The predicted octanol–water partition coefficient (Wildman–Crippen LogP) is 4.86. The quantitative estimate of drug-likeness (QED) is 0.735. The second-order valence-electron chi connectivity index (χ2n) is 5.15. The molecule has 21 heavy (non-hydrogen) atoms. The molecule has 4 heteroatoms. The number of aromatic nitrogens is 1. The number of nitrogens with two attached hydrogens (primary N) is 1. The molecular formula is C17H15ClN2O. The van der Waals surface area contributed by atoms with Gasteiger partial charge in [0.15, 0.2) is 0 Å². The van der Waals surface area contributed by atoms with E-state index in [0.29, 0.717) is 10.9 Å². The lowest BCUT2D eigenvalue weighted by Crippen LogP contribution is -1.89. The number of hydrogen-bond donors (Lipinski definition) is 1. The largest absolute Gasteiger partial charge is 0.367 e. The van der Waals surface area contributed by atoms with E-state index in [2.05, 4.69) is 37.2 Å². The summed E-state index contributed by atoms with van der Waals surface area (Å²) in [5.74, 6) is 0.312. The SMILES string of the molecule is Cc1cc(C)cc(-c2noc(N)c2-c2ccc(Cl)cc2)c1. The first kappa shape index (κ1) is 13.7. The van der Waals surface area contributed by atoms with Gasteiger partial charge < -0.3 is 10.3 Å². The third kappa shape index (κ3) is 2.65. The van der Waals surface area contributed by atoms with E-state index in [9.17, 15) is 0 Å². The van der Waals surface area contributed by atoms with Gasteiger partial charge in [-0.15, -0.1) is 0 Å². The summed E-state index contributed by atoms with van der Waals surface area (Å²) >= 11 is 5.94. The van der Waals surface area contributed by atoms with E-state index in [1.165, 1.54) is 11.1 Å². The van der Waals surface area contributed by atoms with Gasteiger partial charge in [-0.2, -0.15) is 0 Å². The van der Waals surface area contributed by atoms with Gasteiger partial charge in [0.05, 0.1) is 5.56 Å². The Kier molecular flexibility index (Phi) is 3.43. The molecule has 106 valence electrons. The summed E-state index contributed by atoms with van der Waals surface area (Å²) in [4.78, 5) is 0. The lowest BCUT2D eigenvalue weighted by atomic mass is 9.98. The van der Waals surface area contributed by atoms with Gasteiger partial charge in [-0.05, 0) is 43.7 Å². The molecule has 0 atom stereocenters. The zero-order valence-electron chi connectivity index (χ0n) is 11.9. The van der Waals surface area contributed by atoms with Gasteiger partial charge in [0.25, 0.3) is 0 Å². The lowest BCUT2D eigenvalue weighted by molar-refractivity contribution is 0.439. The fourth-order valence-corrected chi connectivity index (χ4v) is 2.63. The maximum absolute atomic E-state index is 5.96. The molecule has 0 aliphatic heterocycles. The summed E-state index contributed by atoms with van der Waals surface area (Å²) in [5.41, 5.74) is 11.8. The van der Waals surface area contributed by atoms with Gasteiger partial charge in [-0.1, -0.05) is 46.1 Å². The number of aryl methyl sites for hydroxylation is 2. The fourth-order valence-electron chi connectivity index (χ4n) is 2.51. The second-order valence-corrected chi connectivity index (χ2v) is 5.59. The molecule has 0 radical (unpaired) electrons. The molecule has 0 aliphatic rings. The van der Waals surface area contributed by atoms with E-state index < -0.39 is 0 Å². The predicted molar refractivity (Wildman–Crippen MR) is 86.3 cm³/mol. The second kappa shape index (κ2) is 5.26. The Labute approximate surface area is 128 Å². The molecule has 3 aromatic rings. The summed E-state index contributed by atoms with van der Waals surface area (Å²) in [5, 5.41) is 4.82. The molecule has 0 unspecified atom stereocenters. The fraction of sp³-hybridized carbons (Fsp3) is 0.118. The van der Waals surface area contributed by atoms with E-state index in [4.69, 9.17) is 21.9 Å². The van der Waals surface area contributed by atoms with E-state index in [0.717, 1.165) is 22.4 Å². The van der Waals surface area contributed by atoms with E-state index >= 15 is 0 Å². The van der Waals surface area contributed by atoms with Crippen molar-refractivity contribution in [2.45, 2.75) is 13.8 Å². The third-order valence-corrected chi connectivity index (χ3v) is 3.60. The van der Waals surface area contributed by atoms with Crippen molar-refractivity contribution < 1.29 is 4.52 Å². The van der Waals surface area contributed by atoms with Crippen LogP contribution in [0.4, 0.5) is 5.88 Å². The smallest absolute Gasteiger partial charge is 0.230 e. The average Bonchev–Trinajstić information content (AvgIpc) is 2.80. The van der Waals surface area contributed by atoms with Gasteiger partial charge >= 0.3 is 0 Å². The molecule has 0 aliphatic carbocycles. The van der Waals surface area contributed by atoms with Crippen molar-refractivity contribution in [1.82, 2.24) is 5.16 Å². The van der Waals surface area contributed by atoms with Crippen molar-refractivity contribution >= 4 is 17.5 Å². The first-order valence-corrected chi connectivity index (χ1v) is 7.02. The molecule has 0 spiro atoms. The van der Waals surface area contributed by atoms with Crippen LogP contribution in [0.25, 0.3) is 22.4 Å². The Hall–Kier alpha value is -2.26. The Morgan fingerprint density at radius 2 is 1.57 bits per heavy atom. The van der Waals surface area contributed by atoms with Crippen LogP contribution in [-0.2, 0) is 0 Å². The summed E-state index contributed by atoms with van der Waals surface area (Å²) in [6.45, 7) is 4.11. The van der Waals surface area contributed by atoms with Crippen LogP contribution < -0.4 is 5.73 Å². The van der Waals surface area contributed by atoms with Gasteiger partial charge in [-0.25, -0.2) is 0 Å². The molecular weight excluding hydrogens is 284 g/mol. The highest BCUT2D eigenvalue weighted by atomic mass is 35.5. The third-order valence-electron chi connectivity index (χ3n) is 3.35. The number of hydrogen-bond acceptors (Lipinski definition) is 3. The molecule has 2 N–H and O–H groups in total. The minimum absolute atomic E-state index is 0.312. The maximum Gasteiger partial charge on any atom is 0.230 e. The maximum atomic E-state index is 5.96. The van der Waals surface area contributed by atoms with Crippen LogP contribution >= 0.6 is 11.6 Å². The van der Waals surface area contributed by atoms with Gasteiger partial charge in [0.1, 0.15) is 5.69 Å². The Bertz CT molecular complexity index is 771. The number of nitrogens with zero attached hydrogens (tertiary/aromatic N) is 1. The molecule has 3 rings (SSSR count). The number of nitrogen functional groups attached to an aromatic ring is 1. The van der Waals surface area contributed by atoms with Crippen molar-refractivity contribution in [2.24, 2.45) is 0 Å². The molecule has 1 heterocycles. The standard InChI is InChI=1S/C17H15ClN2O/c1-10-7-11(2)9-13(8-10)16-15(17(19)21-20-16)12-3-5-14(18)6-4-12/h3-9H,19H2,1-2H3. The molecule has 0 saturated heterocycles. The molecule has 0 fully saturated rings. The number of anilines is 1. The minimum Gasteiger partial charge on any atom is -0.367 e. The van der Waals surface area contributed by atoms with Crippen LogP contribution in [0.5, 0.6) is 0 Å². The van der Waals surface area contributed by atoms with Gasteiger partial charge in [0, 0.05) is 10.6 Å². The highest BCUT2D eigenvalue weighted by Gasteiger charge is 2.17. The number of benzene rings is 2. The summed E-state index contributed by atoms with van der Waals surface area (Å²) in [6.07, 6.45) is 0. The van der Waals surface area contributed by atoms with Crippen molar-refractivity contribution in [3.05, 3.63) is 58.6 Å². The molecule has 0 saturated carbocycles. The average molecular weight is 299 g/mol. The molecule has 0 bridgehead atoms. The topological polar surface area (TPSA) is 52.0 Å². The molecule has 1 aromatic heterocycles. The van der Waals surface area contributed by atoms with Crippen LogP contribution in [0.3, 0.4) is 0 Å². The van der Waals surface area contributed by atoms with Crippen LogP contribution in [0.15, 0.2) is 47.0 Å². The van der Waals surface area contributed by atoms with Crippen LogP contribution in [-0.4, -0.2) is 5.16 Å². The van der Waals surface area contributed by atoms with E-state index in [-0.39, 0.29) is 0 Å². The highest BCUT2D eigenvalue weighted by Crippen LogP contribution is 2.37. The van der Waals surface area contributed by atoms with Crippen molar-refractivity contribution in [1.29, 1.82) is 0 Å². The zero-order valence-corrected chi connectivity index (χ0v) is 12.6. The van der Waals surface area contributed by atoms with Crippen LogP contribution in [0.1, 0.15) is 11.1 Å².